The molecule has 1 saturated carbocycles. The molecule has 0 spiro atoms. The molecule has 1 atom stereocenters. The van der Waals surface area contributed by atoms with Gasteiger partial charge in [-0.25, -0.2) is 8.78 Å². The normalized spacial score (nSPS) is 18.8. The smallest absolute Gasteiger partial charge is 0.130 e. The summed E-state index contributed by atoms with van der Waals surface area (Å²) in [4.78, 5) is 0. The molecule has 1 aromatic carbocycles. The summed E-state index contributed by atoms with van der Waals surface area (Å²) >= 11 is 0. The molecule has 0 unspecified atom stereocenters. The Bertz CT molecular complexity index is 386. The molecule has 1 N–H and O–H groups in total. The Hall–Kier alpha value is -0.960. The fraction of sp³-hybridized carbons (Fsp3) is 0.600. The first-order valence-electron chi connectivity index (χ1n) is 6.84. The predicted molar refractivity (Wildman–Crippen MR) is 69.2 cm³/mol. The second kappa shape index (κ2) is 6.28. The van der Waals surface area contributed by atoms with Gasteiger partial charge in [-0.1, -0.05) is 25.3 Å². The van der Waals surface area contributed by atoms with E-state index in [0.717, 1.165) is 6.07 Å². The van der Waals surface area contributed by atoms with Crippen molar-refractivity contribution >= 4 is 0 Å². The first-order valence-corrected chi connectivity index (χ1v) is 6.84. The zero-order valence-corrected chi connectivity index (χ0v) is 10.9. The summed E-state index contributed by atoms with van der Waals surface area (Å²) in [7, 11) is 0. The van der Waals surface area contributed by atoms with Crippen molar-refractivity contribution in [3.8, 4) is 0 Å². The largest absolute Gasteiger partial charge is 0.310 e. The molecule has 1 nitrogen and oxygen atoms in total. The molecule has 0 amide bonds. The van der Waals surface area contributed by atoms with Gasteiger partial charge in [-0.3, -0.25) is 0 Å². The van der Waals surface area contributed by atoms with E-state index in [1.807, 2.05) is 0 Å². The fourth-order valence-corrected chi connectivity index (χ4v) is 2.74. The molecule has 0 bridgehead atoms. The van der Waals surface area contributed by atoms with E-state index in [0.29, 0.717) is 24.1 Å². The Labute approximate surface area is 108 Å². The van der Waals surface area contributed by atoms with E-state index in [4.69, 9.17) is 0 Å². The third-order valence-corrected chi connectivity index (χ3v) is 3.99. The average Bonchev–Trinajstić information content (AvgIpc) is 2.38. The van der Waals surface area contributed by atoms with Crippen LogP contribution in [0.15, 0.2) is 18.2 Å². The number of rotatable bonds is 4. The van der Waals surface area contributed by atoms with Crippen molar-refractivity contribution in [1.82, 2.24) is 5.32 Å². The van der Waals surface area contributed by atoms with Crippen LogP contribution in [-0.2, 0) is 6.54 Å². The second-order valence-corrected chi connectivity index (χ2v) is 5.30. The molecule has 18 heavy (non-hydrogen) atoms. The highest BCUT2D eigenvalue weighted by Gasteiger charge is 2.19. The van der Waals surface area contributed by atoms with Crippen LogP contribution >= 0.6 is 0 Å². The van der Waals surface area contributed by atoms with E-state index < -0.39 is 11.6 Å². The van der Waals surface area contributed by atoms with Crippen molar-refractivity contribution in [1.29, 1.82) is 0 Å². The van der Waals surface area contributed by atoms with Gasteiger partial charge in [-0.15, -0.1) is 0 Å². The van der Waals surface area contributed by atoms with Gasteiger partial charge in [0.15, 0.2) is 0 Å². The third-order valence-electron chi connectivity index (χ3n) is 3.99. The van der Waals surface area contributed by atoms with Gasteiger partial charge in [0.2, 0.25) is 0 Å². The molecular formula is C15H21F2N. The first-order chi connectivity index (χ1) is 8.66. The van der Waals surface area contributed by atoms with Crippen molar-refractivity contribution in [3.63, 3.8) is 0 Å². The number of hydrogen-bond acceptors (Lipinski definition) is 1. The molecule has 0 heterocycles. The molecule has 1 fully saturated rings. The molecule has 0 aromatic heterocycles. The molecule has 1 aliphatic rings. The highest BCUT2D eigenvalue weighted by molar-refractivity contribution is 5.18. The maximum Gasteiger partial charge on any atom is 0.130 e. The van der Waals surface area contributed by atoms with Crippen LogP contribution in [0.25, 0.3) is 0 Å². The predicted octanol–water partition coefficient (Wildman–Crippen LogP) is 4.02. The van der Waals surface area contributed by atoms with Crippen LogP contribution in [-0.4, -0.2) is 6.04 Å². The van der Waals surface area contributed by atoms with E-state index in [1.54, 1.807) is 0 Å². The number of halogens is 2. The Balaban J connectivity index is 1.86. The van der Waals surface area contributed by atoms with Crippen LogP contribution in [0.4, 0.5) is 8.78 Å². The summed E-state index contributed by atoms with van der Waals surface area (Å²) < 4.78 is 26.2. The highest BCUT2D eigenvalue weighted by Crippen LogP contribution is 2.26. The molecule has 0 aliphatic heterocycles. The van der Waals surface area contributed by atoms with Gasteiger partial charge in [0.05, 0.1) is 0 Å². The minimum atomic E-state index is -0.517. The van der Waals surface area contributed by atoms with Crippen LogP contribution in [0.5, 0.6) is 0 Å². The lowest BCUT2D eigenvalue weighted by molar-refractivity contribution is 0.280. The Morgan fingerprint density at radius 3 is 2.61 bits per heavy atom. The SMILES string of the molecule is C[C@@H](NCc1ccc(F)cc1F)C1CCCCC1. The van der Waals surface area contributed by atoms with Crippen LogP contribution < -0.4 is 5.32 Å². The molecule has 1 aromatic rings. The average molecular weight is 253 g/mol. The lowest BCUT2D eigenvalue weighted by Crippen LogP contribution is -2.34. The van der Waals surface area contributed by atoms with Gasteiger partial charge in [0.1, 0.15) is 11.6 Å². The quantitative estimate of drug-likeness (QED) is 0.854. The summed E-state index contributed by atoms with van der Waals surface area (Å²) in [5, 5.41) is 3.37. The van der Waals surface area contributed by atoms with Crippen LogP contribution in [0.3, 0.4) is 0 Å². The van der Waals surface area contributed by atoms with E-state index >= 15 is 0 Å². The minimum Gasteiger partial charge on any atom is -0.310 e. The zero-order valence-electron chi connectivity index (χ0n) is 10.9. The van der Waals surface area contributed by atoms with Crippen LogP contribution in [0, 0.1) is 17.6 Å². The Kier molecular flexibility index (Phi) is 4.70. The maximum atomic E-state index is 13.5. The third kappa shape index (κ3) is 3.52. The first kappa shape index (κ1) is 13.5. The van der Waals surface area contributed by atoms with Crippen LogP contribution in [0.2, 0.25) is 0 Å². The topological polar surface area (TPSA) is 12.0 Å². The standard InChI is InChI=1S/C15H21F2N/c1-11(12-5-3-2-4-6-12)18-10-13-7-8-14(16)9-15(13)17/h7-9,11-12,18H,2-6,10H2,1H3/t11-/m1/s1. The van der Waals surface area contributed by atoms with Gasteiger partial charge >= 0.3 is 0 Å². The van der Waals surface area contributed by atoms with Crippen molar-refractivity contribution in [2.75, 3.05) is 0 Å². The van der Waals surface area contributed by atoms with E-state index in [9.17, 15) is 8.78 Å². The summed E-state index contributed by atoms with van der Waals surface area (Å²) in [6.45, 7) is 2.64. The number of hydrogen-bond donors (Lipinski definition) is 1. The number of benzene rings is 1. The Morgan fingerprint density at radius 2 is 1.94 bits per heavy atom. The Morgan fingerprint density at radius 1 is 1.22 bits per heavy atom. The summed E-state index contributed by atoms with van der Waals surface area (Å²) in [6, 6.07) is 4.17. The zero-order chi connectivity index (χ0) is 13.0. The van der Waals surface area contributed by atoms with E-state index in [1.165, 1.54) is 44.2 Å². The second-order valence-electron chi connectivity index (χ2n) is 5.30. The van der Waals surface area contributed by atoms with Crippen molar-refractivity contribution in [2.45, 2.75) is 51.6 Å². The fourth-order valence-electron chi connectivity index (χ4n) is 2.74. The summed E-state index contributed by atoms with van der Waals surface area (Å²) in [6.07, 6.45) is 6.49. The van der Waals surface area contributed by atoms with Gasteiger partial charge < -0.3 is 5.32 Å². The van der Waals surface area contributed by atoms with E-state index in [2.05, 4.69) is 12.2 Å². The van der Waals surface area contributed by atoms with Gasteiger partial charge in [-0.05, 0) is 31.7 Å². The minimum absolute atomic E-state index is 0.398. The molecule has 100 valence electrons. The maximum absolute atomic E-state index is 13.5. The molecule has 1 aliphatic carbocycles. The lowest BCUT2D eigenvalue weighted by Gasteiger charge is -2.28. The molecule has 0 radical (unpaired) electrons. The molecule has 2 rings (SSSR count). The van der Waals surface area contributed by atoms with Gasteiger partial charge in [0, 0.05) is 24.2 Å². The summed E-state index contributed by atoms with van der Waals surface area (Å²) in [5.41, 5.74) is 0.541. The van der Waals surface area contributed by atoms with Crippen molar-refractivity contribution in [2.24, 2.45) is 5.92 Å². The van der Waals surface area contributed by atoms with Gasteiger partial charge in [0.25, 0.3) is 0 Å². The van der Waals surface area contributed by atoms with E-state index in [-0.39, 0.29) is 0 Å². The van der Waals surface area contributed by atoms with Gasteiger partial charge in [-0.2, -0.15) is 0 Å². The molecular weight excluding hydrogens is 232 g/mol. The monoisotopic (exact) mass is 253 g/mol. The summed E-state index contributed by atoms with van der Waals surface area (Å²) in [5.74, 6) is -0.280. The number of nitrogens with one attached hydrogen (secondary N) is 1. The van der Waals surface area contributed by atoms with Crippen molar-refractivity contribution < 1.29 is 8.78 Å². The lowest BCUT2D eigenvalue weighted by atomic mass is 9.84. The van der Waals surface area contributed by atoms with Crippen LogP contribution in [0.1, 0.15) is 44.6 Å². The molecule has 3 heteroatoms. The van der Waals surface area contributed by atoms with Crippen molar-refractivity contribution in [3.05, 3.63) is 35.4 Å². The molecule has 0 saturated heterocycles. The highest BCUT2D eigenvalue weighted by atomic mass is 19.1.